The summed E-state index contributed by atoms with van der Waals surface area (Å²) in [4.78, 5) is 37.9. The zero-order chi connectivity index (χ0) is 22.5. The Morgan fingerprint density at radius 3 is 1.53 bits per heavy atom. The maximum Gasteiger partial charge on any atom is 0.223 e. The van der Waals surface area contributed by atoms with E-state index in [4.69, 9.17) is 0 Å². The second-order valence-electron chi connectivity index (χ2n) is 9.24. The van der Waals surface area contributed by atoms with Crippen molar-refractivity contribution in [3.63, 3.8) is 0 Å². The fraction of sp³-hybridized carbons (Fsp3) is 0.667. The van der Waals surface area contributed by atoms with Crippen molar-refractivity contribution in [3.05, 3.63) is 35.4 Å². The van der Waals surface area contributed by atoms with E-state index in [1.54, 1.807) is 0 Å². The van der Waals surface area contributed by atoms with Gasteiger partial charge >= 0.3 is 0 Å². The number of fused-ring (bicyclic) bond motifs is 2. The number of aryl methyl sites for hydroxylation is 2. The van der Waals surface area contributed by atoms with Crippen LogP contribution in [0.25, 0.3) is 0 Å². The molecule has 2 aromatic rings. The van der Waals surface area contributed by atoms with Gasteiger partial charge in [-0.1, -0.05) is 25.7 Å². The van der Waals surface area contributed by atoms with Crippen LogP contribution in [0.5, 0.6) is 0 Å². The summed E-state index contributed by atoms with van der Waals surface area (Å²) in [7, 11) is 0. The quantitative estimate of drug-likeness (QED) is 0.561. The molecule has 0 atom stereocenters. The van der Waals surface area contributed by atoms with Crippen molar-refractivity contribution < 1.29 is 9.59 Å². The van der Waals surface area contributed by atoms with Gasteiger partial charge in [0.2, 0.25) is 11.8 Å². The van der Waals surface area contributed by atoms with Gasteiger partial charge in [0, 0.05) is 51.4 Å². The zero-order valence-electron chi connectivity index (χ0n) is 19.6. The van der Waals surface area contributed by atoms with Crippen molar-refractivity contribution in [3.8, 4) is 0 Å². The lowest BCUT2D eigenvalue weighted by Crippen LogP contribution is -2.38. The second kappa shape index (κ2) is 10.3. The highest BCUT2D eigenvalue weighted by atomic mass is 16.2. The largest absolute Gasteiger partial charge is 0.333 e. The average Bonchev–Trinajstić information content (AvgIpc) is 3.34. The summed E-state index contributed by atoms with van der Waals surface area (Å²) in [6, 6.07) is 0. The standard InChI is InChI=1S/C24H36N6O2/c1-19-15-27-11-13-29(17-21(27)25-19)23(31)9-7-5-3-4-6-8-10-24(32)30-14-12-28-16-20(2)26-22(28)18-30/h15-16H,3-14,17-18H2,1-2H3. The predicted octanol–water partition coefficient (Wildman–Crippen LogP) is 3.20. The minimum absolute atomic E-state index is 0.250. The highest BCUT2D eigenvalue weighted by Gasteiger charge is 2.22. The summed E-state index contributed by atoms with van der Waals surface area (Å²) in [6.45, 7) is 8.54. The lowest BCUT2D eigenvalue weighted by Gasteiger charge is -2.27. The number of amides is 2. The van der Waals surface area contributed by atoms with Crippen molar-refractivity contribution >= 4 is 11.8 Å². The first-order chi connectivity index (χ1) is 15.5. The van der Waals surface area contributed by atoms with Gasteiger partial charge in [0.1, 0.15) is 11.6 Å². The Morgan fingerprint density at radius 1 is 0.688 bits per heavy atom. The first kappa shape index (κ1) is 22.6. The molecule has 174 valence electrons. The number of nitrogens with zero attached hydrogens (tertiary/aromatic N) is 6. The molecule has 0 unspecified atom stereocenters. The van der Waals surface area contributed by atoms with Crippen molar-refractivity contribution in [2.24, 2.45) is 0 Å². The molecule has 0 fully saturated rings. The Hall–Kier alpha value is -2.64. The van der Waals surface area contributed by atoms with E-state index in [2.05, 4.69) is 31.5 Å². The monoisotopic (exact) mass is 440 g/mol. The van der Waals surface area contributed by atoms with Gasteiger partial charge in [0.25, 0.3) is 0 Å². The number of imidazole rings is 2. The fourth-order valence-corrected chi connectivity index (χ4v) is 4.79. The van der Waals surface area contributed by atoms with Gasteiger partial charge in [0.05, 0.1) is 24.5 Å². The van der Waals surface area contributed by atoms with Crippen LogP contribution in [0.4, 0.5) is 0 Å². The number of unbranched alkanes of at least 4 members (excludes halogenated alkanes) is 5. The molecule has 2 aromatic heterocycles. The van der Waals surface area contributed by atoms with Gasteiger partial charge in [-0.25, -0.2) is 9.97 Å². The van der Waals surface area contributed by atoms with E-state index in [1.807, 2.05) is 23.6 Å². The molecule has 0 aliphatic carbocycles. The Morgan fingerprint density at radius 2 is 1.09 bits per heavy atom. The van der Waals surface area contributed by atoms with Crippen LogP contribution >= 0.6 is 0 Å². The SMILES string of the molecule is Cc1cn2c(n1)CN(C(=O)CCCCCCCCC(=O)N1CCn3cc(C)nc3C1)CC2. The lowest BCUT2D eigenvalue weighted by atomic mass is 10.1. The number of hydrogen-bond donors (Lipinski definition) is 0. The van der Waals surface area contributed by atoms with E-state index in [1.165, 1.54) is 0 Å². The van der Waals surface area contributed by atoms with Crippen LogP contribution < -0.4 is 0 Å². The third-order valence-electron chi connectivity index (χ3n) is 6.58. The topological polar surface area (TPSA) is 76.3 Å². The number of rotatable bonds is 9. The molecule has 8 nitrogen and oxygen atoms in total. The van der Waals surface area contributed by atoms with Crippen LogP contribution in [0.3, 0.4) is 0 Å². The highest BCUT2D eigenvalue weighted by molar-refractivity contribution is 5.76. The van der Waals surface area contributed by atoms with E-state index in [-0.39, 0.29) is 11.8 Å². The van der Waals surface area contributed by atoms with Gasteiger partial charge in [0.15, 0.2) is 0 Å². The van der Waals surface area contributed by atoms with Gasteiger partial charge < -0.3 is 18.9 Å². The minimum Gasteiger partial charge on any atom is -0.333 e. The van der Waals surface area contributed by atoms with E-state index in [0.29, 0.717) is 25.9 Å². The molecule has 0 aromatic carbocycles. The maximum absolute atomic E-state index is 12.5. The molecule has 2 aliphatic rings. The van der Waals surface area contributed by atoms with Crippen molar-refractivity contribution in [2.75, 3.05) is 13.1 Å². The third-order valence-corrected chi connectivity index (χ3v) is 6.58. The Balaban J connectivity index is 1.04. The van der Waals surface area contributed by atoms with Gasteiger partial charge in [-0.2, -0.15) is 0 Å². The molecule has 0 saturated carbocycles. The first-order valence-electron chi connectivity index (χ1n) is 12.1. The van der Waals surface area contributed by atoms with E-state index in [9.17, 15) is 9.59 Å². The normalized spacial score (nSPS) is 15.6. The molecular formula is C24H36N6O2. The highest BCUT2D eigenvalue weighted by Crippen LogP contribution is 2.17. The summed E-state index contributed by atoms with van der Waals surface area (Å²) < 4.78 is 4.32. The van der Waals surface area contributed by atoms with E-state index < -0.39 is 0 Å². The van der Waals surface area contributed by atoms with E-state index >= 15 is 0 Å². The molecule has 4 heterocycles. The molecule has 2 amide bonds. The number of aromatic nitrogens is 4. The molecule has 8 heteroatoms. The number of carbonyl (C=O) groups is 2. The molecule has 0 radical (unpaired) electrons. The molecular weight excluding hydrogens is 404 g/mol. The summed E-state index contributed by atoms with van der Waals surface area (Å²) in [5.74, 6) is 2.50. The summed E-state index contributed by atoms with van der Waals surface area (Å²) in [5, 5.41) is 0. The Labute approximate surface area is 190 Å². The third kappa shape index (κ3) is 5.58. The Bertz CT molecular complexity index is 870. The number of hydrogen-bond acceptors (Lipinski definition) is 4. The molecule has 0 spiro atoms. The summed E-state index contributed by atoms with van der Waals surface area (Å²) in [5.41, 5.74) is 2.04. The van der Waals surface area contributed by atoms with Crippen LogP contribution in [0.1, 0.15) is 74.4 Å². The maximum atomic E-state index is 12.5. The molecule has 0 N–H and O–H groups in total. The van der Waals surface area contributed by atoms with Crippen LogP contribution in [0.2, 0.25) is 0 Å². The van der Waals surface area contributed by atoms with Crippen molar-refractivity contribution in [1.29, 1.82) is 0 Å². The average molecular weight is 441 g/mol. The van der Waals surface area contributed by atoms with Crippen LogP contribution in [-0.2, 0) is 35.8 Å². The van der Waals surface area contributed by atoms with Crippen molar-refractivity contribution in [1.82, 2.24) is 28.9 Å². The predicted molar refractivity (Wildman–Crippen MR) is 122 cm³/mol. The van der Waals surface area contributed by atoms with Crippen molar-refractivity contribution in [2.45, 2.75) is 91.4 Å². The second-order valence-corrected chi connectivity index (χ2v) is 9.24. The molecule has 0 saturated heterocycles. The summed E-state index contributed by atoms with van der Waals surface area (Å²) >= 11 is 0. The minimum atomic E-state index is 0.250. The molecule has 0 bridgehead atoms. The van der Waals surface area contributed by atoms with E-state index in [0.717, 1.165) is 87.7 Å². The first-order valence-corrected chi connectivity index (χ1v) is 12.1. The Kier molecular flexibility index (Phi) is 7.27. The molecule has 32 heavy (non-hydrogen) atoms. The van der Waals surface area contributed by atoms with Crippen LogP contribution in [-0.4, -0.2) is 53.8 Å². The van der Waals surface area contributed by atoms with Crippen LogP contribution in [0, 0.1) is 13.8 Å². The smallest absolute Gasteiger partial charge is 0.223 e. The van der Waals surface area contributed by atoms with Gasteiger partial charge in [-0.05, 0) is 26.7 Å². The summed E-state index contributed by atoms with van der Waals surface area (Å²) in [6.07, 6.45) is 11.7. The van der Waals surface area contributed by atoms with Gasteiger partial charge in [-0.3, -0.25) is 9.59 Å². The van der Waals surface area contributed by atoms with Gasteiger partial charge in [-0.15, -0.1) is 0 Å². The molecule has 2 aliphatic heterocycles. The lowest BCUT2D eigenvalue weighted by molar-refractivity contribution is -0.133. The number of carbonyl (C=O) groups excluding carboxylic acids is 2. The fourth-order valence-electron chi connectivity index (χ4n) is 4.79. The van der Waals surface area contributed by atoms with Crippen LogP contribution in [0.15, 0.2) is 12.4 Å². The molecule has 4 rings (SSSR count). The zero-order valence-corrected chi connectivity index (χ0v) is 19.6.